The average Bonchev–Trinajstić information content (AvgIpc) is 2.65. The van der Waals surface area contributed by atoms with Gasteiger partial charge in [-0.2, -0.15) is 0 Å². The molecule has 6 nitrogen and oxygen atoms in total. The van der Waals surface area contributed by atoms with Crippen LogP contribution in [0.3, 0.4) is 0 Å². The molecule has 0 bridgehead atoms. The smallest absolute Gasteiger partial charge is 0.407 e. The molecule has 25 heavy (non-hydrogen) atoms. The minimum atomic E-state index is -3.25. The second kappa shape index (κ2) is 8.64. The predicted molar refractivity (Wildman–Crippen MR) is 95.7 cm³/mol. The minimum Gasteiger partial charge on any atom is -0.445 e. The van der Waals surface area contributed by atoms with Crippen LogP contribution in [0.4, 0.5) is 4.79 Å². The molecule has 134 valence electrons. The molecular formula is C18H22N2O4S. The van der Waals surface area contributed by atoms with Crippen molar-refractivity contribution in [1.82, 2.24) is 5.32 Å². The fourth-order valence-electron chi connectivity index (χ4n) is 2.26. The van der Waals surface area contributed by atoms with Crippen LogP contribution in [0.15, 0.2) is 59.5 Å². The van der Waals surface area contributed by atoms with Gasteiger partial charge in [-0.05, 0) is 23.3 Å². The van der Waals surface area contributed by atoms with Crippen LogP contribution < -0.4 is 11.1 Å². The first-order chi connectivity index (χ1) is 12.0. The molecule has 2 aromatic rings. The maximum atomic E-state index is 11.9. The van der Waals surface area contributed by atoms with Gasteiger partial charge in [-0.15, -0.1) is 0 Å². The van der Waals surface area contributed by atoms with Crippen LogP contribution in [0.5, 0.6) is 0 Å². The summed E-state index contributed by atoms with van der Waals surface area (Å²) in [6, 6.07) is 15.2. The number of ether oxygens (including phenoxy) is 1. The van der Waals surface area contributed by atoms with Crippen molar-refractivity contribution in [2.75, 3.05) is 12.3 Å². The SMILES string of the molecule is CCS(=O)(=O)c1ccc([C@H](CN)NC(=O)OCc2ccccc2)cc1. The Labute approximate surface area is 147 Å². The van der Waals surface area contributed by atoms with Crippen molar-refractivity contribution in [3.8, 4) is 0 Å². The van der Waals surface area contributed by atoms with Crippen LogP contribution in [-0.4, -0.2) is 26.8 Å². The molecule has 0 aliphatic rings. The van der Waals surface area contributed by atoms with E-state index in [1.54, 1.807) is 19.1 Å². The maximum Gasteiger partial charge on any atom is 0.407 e. The summed E-state index contributed by atoms with van der Waals surface area (Å²) in [5.41, 5.74) is 7.32. The third-order valence-electron chi connectivity index (χ3n) is 3.76. The van der Waals surface area contributed by atoms with Gasteiger partial charge in [-0.3, -0.25) is 0 Å². The summed E-state index contributed by atoms with van der Waals surface area (Å²) in [5, 5.41) is 2.69. The van der Waals surface area contributed by atoms with Gasteiger partial charge >= 0.3 is 6.09 Å². The second-order valence-corrected chi connectivity index (χ2v) is 7.75. The first-order valence-electron chi connectivity index (χ1n) is 7.96. The highest BCUT2D eigenvalue weighted by atomic mass is 32.2. The van der Waals surface area contributed by atoms with E-state index in [0.29, 0.717) is 5.56 Å². The van der Waals surface area contributed by atoms with Gasteiger partial charge in [0.1, 0.15) is 6.61 Å². The Morgan fingerprint density at radius 2 is 1.76 bits per heavy atom. The van der Waals surface area contributed by atoms with Gasteiger partial charge in [0.2, 0.25) is 0 Å². The molecular weight excluding hydrogens is 340 g/mol. The van der Waals surface area contributed by atoms with Gasteiger partial charge in [0.05, 0.1) is 16.7 Å². The van der Waals surface area contributed by atoms with Gasteiger partial charge in [0, 0.05) is 6.54 Å². The molecule has 0 radical (unpaired) electrons. The van der Waals surface area contributed by atoms with Crippen molar-refractivity contribution in [2.45, 2.75) is 24.5 Å². The molecule has 7 heteroatoms. The lowest BCUT2D eigenvalue weighted by Crippen LogP contribution is -2.33. The molecule has 0 heterocycles. The van der Waals surface area contributed by atoms with Crippen LogP contribution in [0, 0.1) is 0 Å². The van der Waals surface area contributed by atoms with E-state index in [2.05, 4.69) is 5.32 Å². The summed E-state index contributed by atoms with van der Waals surface area (Å²) >= 11 is 0. The zero-order chi connectivity index (χ0) is 18.3. The summed E-state index contributed by atoms with van der Waals surface area (Å²) in [5.74, 6) is 0.0384. The van der Waals surface area contributed by atoms with Gasteiger partial charge in [0.15, 0.2) is 9.84 Å². The number of amides is 1. The molecule has 0 fully saturated rings. The highest BCUT2D eigenvalue weighted by Crippen LogP contribution is 2.17. The Balaban J connectivity index is 1.98. The summed E-state index contributed by atoms with van der Waals surface area (Å²) < 4.78 is 28.8. The normalized spacial score (nSPS) is 12.4. The average molecular weight is 362 g/mol. The van der Waals surface area contributed by atoms with E-state index >= 15 is 0 Å². The summed E-state index contributed by atoms with van der Waals surface area (Å²) in [6.45, 7) is 1.92. The number of rotatable bonds is 7. The Morgan fingerprint density at radius 3 is 2.32 bits per heavy atom. The lowest BCUT2D eigenvalue weighted by molar-refractivity contribution is 0.136. The van der Waals surface area contributed by atoms with Crippen molar-refractivity contribution >= 4 is 15.9 Å². The predicted octanol–water partition coefficient (Wildman–Crippen LogP) is 2.41. The van der Waals surface area contributed by atoms with Crippen molar-refractivity contribution in [3.05, 3.63) is 65.7 Å². The van der Waals surface area contributed by atoms with E-state index < -0.39 is 22.0 Å². The number of carbonyl (C=O) groups is 1. The van der Waals surface area contributed by atoms with Gasteiger partial charge < -0.3 is 15.8 Å². The van der Waals surface area contributed by atoms with Crippen LogP contribution in [0.2, 0.25) is 0 Å². The zero-order valence-corrected chi connectivity index (χ0v) is 14.8. The van der Waals surface area contributed by atoms with Crippen molar-refractivity contribution < 1.29 is 17.9 Å². The second-order valence-electron chi connectivity index (χ2n) is 5.47. The Bertz CT molecular complexity index is 790. The van der Waals surface area contributed by atoms with Crippen LogP contribution in [0.25, 0.3) is 0 Å². The van der Waals surface area contributed by atoms with E-state index in [9.17, 15) is 13.2 Å². The summed E-state index contributed by atoms with van der Waals surface area (Å²) in [6.07, 6.45) is -0.579. The molecule has 1 atom stereocenters. The molecule has 0 aliphatic heterocycles. The molecule has 0 saturated heterocycles. The molecule has 3 N–H and O–H groups in total. The lowest BCUT2D eigenvalue weighted by atomic mass is 10.1. The van der Waals surface area contributed by atoms with Crippen molar-refractivity contribution in [2.24, 2.45) is 5.73 Å². The standard InChI is InChI=1S/C18H22N2O4S/c1-2-25(22,23)16-10-8-15(9-11-16)17(12-19)20-18(21)24-13-14-6-4-3-5-7-14/h3-11,17H,2,12-13,19H2,1H3,(H,20,21)/t17-/m0/s1. The summed E-state index contributed by atoms with van der Waals surface area (Å²) in [7, 11) is -3.25. The highest BCUT2D eigenvalue weighted by molar-refractivity contribution is 7.91. The van der Waals surface area contributed by atoms with E-state index in [0.717, 1.165) is 5.56 Å². The summed E-state index contributed by atoms with van der Waals surface area (Å²) in [4.78, 5) is 12.2. The van der Waals surface area contributed by atoms with Crippen LogP contribution >= 0.6 is 0 Å². The molecule has 0 saturated carbocycles. The topological polar surface area (TPSA) is 98.5 Å². The molecule has 1 amide bonds. The van der Waals surface area contributed by atoms with Crippen LogP contribution in [-0.2, 0) is 21.2 Å². The van der Waals surface area contributed by atoms with Gasteiger partial charge in [0.25, 0.3) is 0 Å². The Hall–Kier alpha value is -2.38. The fourth-order valence-corrected chi connectivity index (χ4v) is 3.14. The molecule has 0 aromatic heterocycles. The molecule has 0 spiro atoms. The number of alkyl carbamates (subject to hydrolysis) is 1. The van der Waals surface area contributed by atoms with E-state index in [-0.39, 0.29) is 23.8 Å². The number of carbonyl (C=O) groups excluding carboxylic acids is 1. The van der Waals surface area contributed by atoms with Gasteiger partial charge in [-0.25, -0.2) is 13.2 Å². The fraction of sp³-hybridized carbons (Fsp3) is 0.278. The zero-order valence-electron chi connectivity index (χ0n) is 14.0. The number of nitrogens with one attached hydrogen (secondary N) is 1. The lowest BCUT2D eigenvalue weighted by Gasteiger charge is -2.17. The highest BCUT2D eigenvalue weighted by Gasteiger charge is 2.16. The first kappa shape index (κ1) is 19.0. The van der Waals surface area contributed by atoms with Crippen LogP contribution in [0.1, 0.15) is 24.1 Å². The van der Waals surface area contributed by atoms with Gasteiger partial charge in [-0.1, -0.05) is 49.4 Å². The Morgan fingerprint density at radius 1 is 1.12 bits per heavy atom. The molecule has 0 aliphatic carbocycles. The van der Waals surface area contributed by atoms with E-state index in [1.165, 1.54) is 12.1 Å². The van der Waals surface area contributed by atoms with Crippen molar-refractivity contribution in [1.29, 1.82) is 0 Å². The maximum absolute atomic E-state index is 11.9. The van der Waals surface area contributed by atoms with E-state index in [4.69, 9.17) is 10.5 Å². The monoisotopic (exact) mass is 362 g/mol. The number of benzene rings is 2. The number of hydrogen-bond donors (Lipinski definition) is 2. The van der Waals surface area contributed by atoms with Crippen molar-refractivity contribution in [3.63, 3.8) is 0 Å². The largest absolute Gasteiger partial charge is 0.445 e. The molecule has 2 rings (SSSR count). The quantitative estimate of drug-likeness (QED) is 0.788. The number of sulfone groups is 1. The molecule has 0 unspecified atom stereocenters. The third kappa shape index (κ3) is 5.30. The first-order valence-corrected chi connectivity index (χ1v) is 9.61. The molecule has 2 aromatic carbocycles. The third-order valence-corrected chi connectivity index (χ3v) is 5.51. The number of nitrogens with two attached hydrogens (primary N) is 1. The van der Waals surface area contributed by atoms with E-state index in [1.807, 2.05) is 30.3 Å². The number of hydrogen-bond acceptors (Lipinski definition) is 5. The Kier molecular flexibility index (Phi) is 6.55. The minimum absolute atomic E-state index is 0.0384.